The second-order valence-electron chi connectivity index (χ2n) is 5.61. The molecule has 1 fully saturated rings. The van der Waals surface area contributed by atoms with Gasteiger partial charge in [0.05, 0.1) is 11.0 Å². The molecule has 0 atom stereocenters. The topological polar surface area (TPSA) is 61.2 Å². The monoisotopic (exact) mass is 356 g/mol. The van der Waals surface area contributed by atoms with Crippen LogP contribution < -0.4 is 0 Å². The van der Waals surface area contributed by atoms with Crippen molar-refractivity contribution in [3.63, 3.8) is 0 Å². The van der Waals surface area contributed by atoms with Gasteiger partial charge in [-0.15, -0.1) is 0 Å². The Hall–Kier alpha value is -0.900. The Morgan fingerprint density at radius 2 is 2.00 bits per heavy atom. The first kappa shape index (κ1) is 15.5. The van der Waals surface area contributed by atoms with E-state index in [-0.39, 0.29) is 10.9 Å². The molecule has 1 aliphatic carbocycles. The lowest BCUT2D eigenvalue weighted by Gasteiger charge is -2.32. The molecule has 0 aromatic heterocycles. The first-order valence-electron chi connectivity index (χ1n) is 6.42. The molecule has 0 heterocycles. The number of nitrogens with zero attached hydrogens (tertiary/aromatic N) is 2. The van der Waals surface area contributed by atoms with Gasteiger partial charge in [-0.3, -0.25) is 0 Å². The number of rotatable bonds is 4. The molecular formula is C14H17BrN2O2S. The van der Waals surface area contributed by atoms with Crippen molar-refractivity contribution in [1.82, 2.24) is 4.31 Å². The molecule has 20 heavy (non-hydrogen) atoms. The number of sulfonamides is 1. The summed E-state index contributed by atoms with van der Waals surface area (Å²) in [5.41, 5.74) is -0.183. The number of benzene rings is 1. The molecule has 1 aliphatic rings. The highest BCUT2D eigenvalue weighted by Gasteiger charge is 2.46. The maximum Gasteiger partial charge on any atom is 0.244 e. The molecule has 4 nitrogen and oxygen atoms in total. The van der Waals surface area contributed by atoms with Crippen LogP contribution in [0.3, 0.4) is 0 Å². The number of nitriles is 1. The summed E-state index contributed by atoms with van der Waals surface area (Å²) in [6.07, 6.45) is 1.64. The van der Waals surface area contributed by atoms with Crippen LogP contribution in [0.1, 0.15) is 32.3 Å². The van der Waals surface area contributed by atoms with Crippen molar-refractivity contribution in [2.24, 2.45) is 0 Å². The van der Waals surface area contributed by atoms with Gasteiger partial charge in [-0.2, -0.15) is 9.57 Å². The van der Waals surface area contributed by atoms with Gasteiger partial charge in [0.1, 0.15) is 5.54 Å². The van der Waals surface area contributed by atoms with Crippen LogP contribution >= 0.6 is 15.9 Å². The van der Waals surface area contributed by atoms with E-state index in [1.807, 2.05) is 6.92 Å². The van der Waals surface area contributed by atoms with Gasteiger partial charge in [-0.1, -0.05) is 15.9 Å². The van der Waals surface area contributed by atoms with Crippen LogP contribution in [0.4, 0.5) is 0 Å². The Morgan fingerprint density at radius 1 is 1.40 bits per heavy atom. The Kier molecular flexibility index (Phi) is 3.98. The van der Waals surface area contributed by atoms with E-state index in [0.29, 0.717) is 0 Å². The van der Waals surface area contributed by atoms with Crippen molar-refractivity contribution >= 4 is 26.0 Å². The van der Waals surface area contributed by atoms with Crippen LogP contribution in [0, 0.1) is 18.3 Å². The molecule has 0 amide bonds. The van der Waals surface area contributed by atoms with E-state index in [1.165, 1.54) is 4.31 Å². The minimum atomic E-state index is -3.66. The van der Waals surface area contributed by atoms with Crippen LogP contribution in [0.15, 0.2) is 27.6 Å². The van der Waals surface area contributed by atoms with E-state index >= 15 is 0 Å². The minimum Gasteiger partial charge on any atom is -0.207 e. The summed E-state index contributed by atoms with van der Waals surface area (Å²) in [5, 5.41) is 9.29. The quantitative estimate of drug-likeness (QED) is 0.831. The lowest BCUT2D eigenvalue weighted by Crippen LogP contribution is -2.48. The molecule has 0 spiro atoms. The largest absolute Gasteiger partial charge is 0.244 e. The summed E-state index contributed by atoms with van der Waals surface area (Å²) in [5.74, 6) is 0. The lowest BCUT2D eigenvalue weighted by molar-refractivity contribution is 0.280. The number of hydrogen-bond donors (Lipinski definition) is 0. The predicted octanol–water partition coefficient (Wildman–Crippen LogP) is 3.21. The fourth-order valence-electron chi connectivity index (χ4n) is 2.20. The fourth-order valence-corrected chi connectivity index (χ4v) is 4.49. The molecule has 108 valence electrons. The SMILES string of the molecule is Cc1cc(S(=O)(=O)N(C2CC2)C(C)(C)C#N)ccc1Br. The van der Waals surface area contributed by atoms with Crippen molar-refractivity contribution in [2.45, 2.75) is 50.1 Å². The van der Waals surface area contributed by atoms with Gasteiger partial charge < -0.3 is 0 Å². The highest BCUT2D eigenvalue weighted by atomic mass is 79.9. The maximum atomic E-state index is 12.8. The highest BCUT2D eigenvalue weighted by molar-refractivity contribution is 9.10. The second kappa shape index (κ2) is 5.14. The van der Waals surface area contributed by atoms with E-state index in [9.17, 15) is 13.7 Å². The van der Waals surface area contributed by atoms with Crippen molar-refractivity contribution < 1.29 is 8.42 Å². The summed E-state index contributed by atoms with van der Waals surface area (Å²) in [7, 11) is -3.66. The molecule has 0 bridgehead atoms. The Balaban J connectivity index is 2.52. The third kappa shape index (κ3) is 2.76. The predicted molar refractivity (Wildman–Crippen MR) is 80.6 cm³/mol. The average molecular weight is 357 g/mol. The molecule has 0 N–H and O–H groups in total. The summed E-state index contributed by atoms with van der Waals surface area (Å²) >= 11 is 3.37. The van der Waals surface area contributed by atoms with Crippen LogP contribution in [0.2, 0.25) is 0 Å². The molecule has 6 heteroatoms. The minimum absolute atomic E-state index is 0.0568. The van der Waals surface area contributed by atoms with Crippen molar-refractivity contribution in [1.29, 1.82) is 5.26 Å². The van der Waals surface area contributed by atoms with Crippen molar-refractivity contribution in [2.75, 3.05) is 0 Å². The van der Waals surface area contributed by atoms with E-state index in [4.69, 9.17) is 0 Å². The van der Waals surface area contributed by atoms with Gasteiger partial charge in [0.25, 0.3) is 0 Å². The summed E-state index contributed by atoms with van der Waals surface area (Å²) in [4.78, 5) is 0.244. The van der Waals surface area contributed by atoms with Gasteiger partial charge in [0, 0.05) is 10.5 Å². The van der Waals surface area contributed by atoms with Crippen LogP contribution in [-0.2, 0) is 10.0 Å². The summed E-state index contributed by atoms with van der Waals surface area (Å²) in [6.45, 7) is 5.14. The van der Waals surface area contributed by atoms with Crippen molar-refractivity contribution in [3.8, 4) is 6.07 Å². The molecule has 0 unspecified atom stereocenters. The number of hydrogen-bond acceptors (Lipinski definition) is 3. The first-order valence-corrected chi connectivity index (χ1v) is 8.65. The molecule has 0 radical (unpaired) electrons. The highest BCUT2D eigenvalue weighted by Crippen LogP contribution is 2.38. The Morgan fingerprint density at radius 3 is 2.45 bits per heavy atom. The maximum absolute atomic E-state index is 12.8. The van der Waals surface area contributed by atoms with E-state index in [2.05, 4.69) is 22.0 Å². The zero-order valence-electron chi connectivity index (χ0n) is 11.7. The second-order valence-corrected chi connectivity index (χ2v) is 8.28. The van der Waals surface area contributed by atoms with Crippen LogP contribution in [0.5, 0.6) is 0 Å². The number of halogens is 1. The summed E-state index contributed by atoms with van der Waals surface area (Å²) in [6, 6.07) is 6.99. The molecule has 0 saturated heterocycles. The molecular weight excluding hydrogens is 340 g/mol. The zero-order chi connectivity index (χ0) is 15.1. The van der Waals surface area contributed by atoms with E-state index < -0.39 is 15.6 Å². The third-order valence-corrected chi connectivity index (χ3v) is 6.40. The van der Waals surface area contributed by atoms with Gasteiger partial charge in [0.15, 0.2) is 0 Å². The van der Waals surface area contributed by atoms with Gasteiger partial charge in [-0.25, -0.2) is 8.42 Å². The van der Waals surface area contributed by atoms with E-state index in [1.54, 1.807) is 32.0 Å². The Labute approximate surface area is 128 Å². The molecule has 2 rings (SSSR count). The van der Waals surface area contributed by atoms with Gasteiger partial charge >= 0.3 is 0 Å². The van der Waals surface area contributed by atoms with Gasteiger partial charge in [0.2, 0.25) is 10.0 Å². The van der Waals surface area contributed by atoms with Crippen molar-refractivity contribution in [3.05, 3.63) is 28.2 Å². The van der Waals surface area contributed by atoms with Crippen LogP contribution in [0.25, 0.3) is 0 Å². The third-order valence-electron chi connectivity index (χ3n) is 3.39. The molecule has 1 saturated carbocycles. The summed E-state index contributed by atoms with van der Waals surface area (Å²) < 4.78 is 27.9. The molecule has 1 aromatic carbocycles. The van der Waals surface area contributed by atoms with E-state index in [0.717, 1.165) is 22.9 Å². The van der Waals surface area contributed by atoms with Crippen LogP contribution in [-0.4, -0.2) is 24.3 Å². The molecule has 1 aromatic rings. The number of aryl methyl sites for hydroxylation is 1. The zero-order valence-corrected chi connectivity index (χ0v) is 14.1. The normalized spacial score (nSPS) is 16.2. The smallest absolute Gasteiger partial charge is 0.207 e. The van der Waals surface area contributed by atoms with Gasteiger partial charge in [-0.05, 0) is 57.4 Å². The average Bonchev–Trinajstić information content (AvgIpc) is 3.16. The lowest BCUT2D eigenvalue weighted by atomic mass is 10.1. The fraction of sp³-hybridized carbons (Fsp3) is 0.500. The Bertz CT molecular complexity index is 673. The molecule has 0 aliphatic heterocycles. The first-order chi connectivity index (χ1) is 9.20. The standard InChI is InChI=1S/C14H17BrN2O2S/c1-10-8-12(6-7-13(10)15)20(18,19)17(11-4-5-11)14(2,3)9-16/h6-8,11H,4-5H2,1-3H3.